The van der Waals surface area contributed by atoms with Crippen LogP contribution in [0.4, 0.5) is 0 Å². The quantitative estimate of drug-likeness (QED) is 0.621. The maximum absolute atomic E-state index is 10.8. The fourth-order valence-electron chi connectivity index (χ4n) is 1.75. The summed E-state index contributed by atoms with van der Waals surface area (Å²) in [7, 11) is 0. The fraction of sp³-hybridized carbons (Fsp3) is 0. The van der Waals surface area contributed by atoms with E-state index in [2.05, 4.69) is 20.4 Å². The summed E-state index contributed by atoms with van der Waals surface area (Å²) in [5, 5.41) is 23.1. The van der Waals surface area contributed by atoms with Gasteiger partial charge in [0.1, 0.15) is 5.69 Å². The molecule has 0 aliphatic heterocycles. The number of H-pyrrole nitrogens is 2. The maximum atomic E-state index is 10.8. The van der Waals surface area contributed by atoms with Crippen LogP contribution in [0.25, 0.3) is 22.2 Å². The van der Waals surface area contributed by atoms with Crippen LogP contribution in [0, 0.1) is 0 Å². The van der Waals surface area contributed by atoms with Gasteiger partial charge in [-0.25, -0.2) is 4.79 Å². The van der Waals surface area contributed by atoms with Crippen molar-refractivity contribution in [3.8, 4) is 11.3 Å². The van der Waals surface area contributed by atoms with Gasteiger partial charge < -0.3 is 5.11 Å². The summed E-state index contributed by atoms with van der Waals surface area (Å²) < 4.78 is 0. The molecule has 0 amide bonds. The van der Waals surface area contributed by atoms with Crippen LogP contribution in [0.2, 0.25) is 0 Å². The summed E-state index contributed by atoms with van der Waals surface area (Å²) in [5.74, 6) is -1.03. The molecule has 0 spiro atoms. The zero-order chi connectivity index (χ0) is 11.8. The Morgan fingerprint density at radius 3 is 2.94 bits per heavy atom. The van der Waals surface area contributed by atoms with Crippen LogP contribution < -0.4 is 0 Å². The summed E-state index contributed by atoms with van der Waals surface area (Å²) in [6, 6.07) is 7.16. The van der Waals surface area contributed by atoms with Gasteiger partial charge in [-0.2, -0.15) is 10.2 Å². The first-order valence-electron chi connectivity index (χ1n) is 4.97. The first-order valence-corrected chi connectivity index (χ1v) is 4.97. The smallest absolute Gasteiger partial charge is 0.353 e. The third kappa shape index (κ3) is 1.46. The van der Waals surface area contributed by atoms with E-state index in [4.69, 9.17) is 5.11 Å². The summed E-state index contributed by atoms with van der Waals surface area (Å²) in [6.45, 7) is 0. The first-order chi connectivity index (χ1) is 8.25. The standard InChI is InChI=1S/C11H8N4O2/c16-11(17)9-4-8(13-14-9)7-3-1-2-6-5-12-15-10(6)7/h1-5H,(H,12,15)(H,13,14)(H,16,17). The van der Waals surface area contributed by atoms with E-state index in [-0.39, 0.29) is 5.69 Å². The molecule has 6 nitrogen and oxygen atoms in total. The number of para-hydroxylation sites is 1. The monoisotopic (exact) mass is 228 g/mol. The average molecular weight is 228 g/mol. The minimum atomic E-state index is -1.03. The number of aromatic nitrogens is 4. The molecule has 84 valence electrons. The summed E-state index contributed by atoms with van der Waals surface area (Å²) >= 11 is 0. The second kappa shape index (κ2) is 3.44. The minimum absolute atomic E-state index is 0.0662. The van der Waals surface area contributed by atoms with E-state index >= 15 is 0 Å². The van der Waals surface area contributed by atoms with Crippen molar-refractivity contribution >= 4 is 16.9 Å². The van der Waals surface area contributed by atoms with Crippen molar-refractivity contribution < 1.29 is 9.90 Å². The highest BCUT2D eigenvalue weighted by atomic mass is 16.4. The molecule has 1 aromatic carbocycles. The van der Waals surface area contributed by atoms with Crippen molar-refractivity contribution in [2.45, 2.75) is 0 Å². The molecule has 0 atom stereocenters. The van der Waals surface area contributed by atoms with Gasteiger partial charge in [-0.05, 0) is 6.07 Å². The van der Waals surface area contributed by atoms with Gasteiger partial charge in [-0.3, -0.25) is 10.2 Å². The van der Waals surface area contributed by atoms with Crippen LogP contribution in [-0.4, -0.2) is 31.5 Å². The highest BCUT2D eigenvalue weighted by Crippen LogP contribution is 2.25. The largest absolute Gasteiger partial charge is 0.477 e. The number of aromatic amines is 2. The lowest BCUT2D eigenvalue weighted by molar-refractivity contribution is 0.0690. The molecule has 2 aromatic heterocycles. The Bertz CT molecular complexity index is 698. The van der Waals surface area contributed by atoms with E-state index in [1.165, 1.54) is 6.07 Å². The lowest BCUT2D eigenvalue weighted by Gasteiger charge is -1.97. The third-order valence-corrected chi connectivity index (χ3v) is 2.56. The molecule has 0 saturated heterocycles. The number of carbonyl (C=O) groups is 1. The summed E-state index contributed by atoms with van der Waals surface area (Å²) in [6.07, 6.45) is 1.71. The lowest BCUT2D eigenvalue weighted by atomic mass is 10.1. The Morgan fingerprint density at radius 2 is 2.18 bits per heavy atom. The van der Waals surface area contributed by atoms with Gasteiger partial charge >= 0.3 is 5.97 Å². The predicted octanol–water partition coefficient (Wildman–Crippen LogP) is 1.65. The summed E-state index contributed by atoms with van der Waals surface area (Å²) in [4.78, 5) is 10.8. The minimum Gasteiger partial charge on any atom is -0.477 e. The Morgan fingerprint density at radius 1 is 1.29 bits per heavy atom. The van der Waals surface area contributed by atoms with Crippen LogP contribution >= 0.6 is 0 Å². The Balaban J connectivity index is 2.19. The van der Waals surface area contributed by atoms with Gasteiger partial charge in [-0.15, -0.1) is 0 Å². The average Bonchev–Trinajstić information content (AvgIpc) is 2.97. The van der Waals surface area contributed by atoms with Gasteiger partial charge in [-0.1, -0.05) is 18.2 Å². The number of benzene rings is 1. The molecular formula is C11H8N4O2. The maximum Gasteiger partial charge on any atom is 0.353 e. The zero-order valence-corrected chi connectivity index (χ0v) is 8.64. The number of hydrogen-bond donors (Lipinski definition) is 3. The molecule has 0 aliphatic rings. The molecule has 3 N–H and O–H groups in total. The molecule has 2 heterocycles. The van der Waals surface area contributed by atoms with Gasteiger partial charge in [0.15, 0.2) is 0 Å². The molecule has 0 bridgehead atoms. The van der Waals surface area contributed by atoms with Gasteiger partial charge in [0.25, 0.3) is 0 Å². The molecule has 0 unspecified atom stereocenters. The van der Waals surface area contributed by atoms with E-state index in [1.54, 1.807) is 6.20 Å². The number of fused-ring (bicyclic) bond motifs is 1. The zero-order valence-electron chi connectivity index (χ0n) is 8.64. The predicted molar refractivity (Wildman–Crippen MR) is 60.6 cm³/mol. The third-order valence-electron chi connectivity index (χ3n) is 2.56. The molecule has 3 rings (SSSR count). The normalized spacial score (nSPS) is 10.8. The number of rotatable bonds is 2. The van der Waals surface area contributed by atoms with E-state index in [9.17, 15) is 4.79 Å². The Labute approximate surface area is 95.3 Å². The van der Waals surface area contributed by atoms with Crippen molar-refractivity contribution in [2.75, 3.05) is 0 Å². The molecule has 0 radical (unpaired) electrons. The molecule has 0 fully saturated rings. The second-order valence-corrected chi connectivity index (χ2v) is 3.61. The van der Waals surface area contributed by atoms with Crippen LogP contribution in [0.5, 0.6) is 0 Å². The lowest BCUT2D eigenvalue weighted by Crippen LogP contribution is -1.95. The van der Waals surface area contributed by atoms with Crippen molar-refractivity contribution in [3.05, 3.63) is 36.2 Å². The number of aromatic carboxylic acids is 1. The topological polar surface area (TPSA) is 94.7 Å². The van der Waals surface area contributed by atoms with Crippen molar-refractivity contribution in [2.24, 2.45) is 0 Å². The van der Waals surface area contributed by atoms with Crippen molar-refractivity contribution in [3.63, 3.8) is 0 Å². The van der Waals surface area contributed by atoms with Gasteiger partial charge in [0, 0.05) is 10.9 Å². The highest BCUT2D eigenvalue weighted by Gasteiger charge is 2.11. The van der Waals surface area contributed by atoms with Crippen molar-refractivity contribution in [1.29, 1.82) is 0 Å². The van der Waals surface area contributed by atoms with Crippen molar-refractivity contribution in [1.82, 2.24) is 20.4 Å². The Hall–Kier alpha value is -2.63. The van der Waals surface area contributed by atoms with E-state index in [1.807, 2.05) is 18.2 Å². The van der Waals surface area contributed by atoms with Crippen LogP contribution in [0.15, 0.2) is 30.5 Å². The molecular weight excluding hydrogens is 220 g/mol. The van der Waals surface area contributed by atoms with Crippen LogP contribution in [0.1, 0.15) is 10.5 Å². The number of carboxylic acids is 1. The summed E-state index contributed by atoms with van der Waals surface area (Å²) in [5.41, 5.74) is 2.31. The van der Waals surface area contributed by atoms with E-state index < -0.39 is 5.97 Å². The second-order valence-electron chi connectivity index (χ2n) is 3.61. The van der Waals surface area contributed by atoms with Gasteiger partial charge in [0.2, 0.25) is 0 Å². The molecule has 0 saturated carbocycles. The van der Waals surface area contributed by atoms with Crippen LogP contribution in [-0.2, 0) is 0 Å². The van der Waals surface area contributed by atoms with Gasteiger partial charge in [0.05, 0.1) is 17.4 Å². The first kappa shape index (κ1) is 9.59. The van der Waals surface area contributed by atoms with Crippen LogP contribution in [0.3, 0.4) is 0 Å². The molecule has 0 aliphatic carbocycles. The van der Waals surface area contributed by atoms with E-state index in [0.717, 1.165) is 16.5 Å². The number of carboxylic acid groups (broad SMARTS) is 1. The molecule has 6 heteroatoms. The number of nitrogens with zero attached hydrogens (tertiary/aromatic N) is 2. The SMILES string of the molecule is O=C(O)c1cc(-c2cccc3cn[nH]c23)n[nH]1. The molecule has 3 aromatic rings. The fourth-order valence-corrected chi connectivity index (χ4v) is 1.75. The highest BCUT2D eigenvalue weighted by molar-refractivity contribution is 5.94. The number of nitrogens with one attached hydrogen (secondary N) is 2. The Kier molecular flexibility index (Phi) is 1.94. The molecule has 17 heavy (non-hydrogen) atoms. The number of hydrogen-bond acceptors (Lipinski definition) is 3. The van der Waals surface area contributed by atoms with E-state index in [0.29, 0.717) is 5.69 Å².